The summed E-state index contributed by atoms with van der Waals surface area (Å²) in [5, 5.41) is 24.5. The molecule has 390 valence electrons. The number of ether oxygens (including phenoxy) is 2. The quantitative estimate of drug-likeness (QED) is 0.121. The number of carbonyl (C=O) groups excluding carboxylic acids is 6. The summed E-state index contributed by atoms with van der Waals surface area (Å²) >= 11 is 0. The summed E-state index contributed by atoms with van der Waals surface area (Å²) in [6.45, 7) is 12.3. The molecular formula is C55H76N8O9. The van der Waals surface area contributed by atoms with Gasteiger partial charge in [-0.25, -0.2) is 0 Å². The largest absolute Gasteiger partial charge is 0.394 e. The third-order valence-corrected chi connectivity index (χ3v) is 14.2. The van der Waals surface area contributed by atoms with Crippen molar-refractivity contribution in [1.29, 1.82) is 0 Å². The lowest BCUT2D eigenvalue weighted by atomic mass is 9.85. The summed E-state index contributed by atoms with van der Waals surface area (Å²) in [6.07, 6.45) is 4.57. The zero-order valence-electron chi connectivity index (χ0n) is 43.3. The molecule has 17 heteroatoms. The van der Waals surface area contributed by atoms with Gasteiger partial charge in [-0.05, 0) is 97.4 Å². The van der Waals surface area contributed by atoms with E-state index in [1.54, 1.807) is 34.7 Å². The van der Waals surface area contributed by atoms with Crippen LogP contribution < -0.4 is 32.3 Å². The minimum absolute atomic E-state index is 0.0255. The van der Waals surface area contributed by atoms with Gasteiger partial charge in [0.15, 0.2) is 0 Å². The molecule has 0 radical (unpaired) electrons. The fourth-order valence-corrected chi connectivity index (χ4v) is 10.0. The van der Waals surface area contributed by atoms with Crippen LogP contribution in [0.3, 0.4) is 0 Å². The maximum atomic E-state index is 14.5. The van der Waals surface area contributed by atoms with Crippen LogP contribution in [-0.2, 0) is 51.1 Å². The van der Waals surface area contributed by atoms with Crippen molar-refractivity contribution in [2.75, 3.05) is 40.0 Å². The Morgan fingerprint density at radius 1 is 0.694 bits per heavy atom. The van der Waals surface area contributed by atoms with Crippen molar-refractivity contribution in [3.8, 4) is 23.7 Å². The number of benzene rings is 2. The fraction of sp³-hybridized carbons (Fsp3) is 0.600. The summed E-state index contributed by atoms with van der Waals surface area (Å²) in [5.74, 6) is 8.92. The lowest BCUT2D eigenvalue weighted by molar-refractivity contribution is -0.144. The summed E-state index contributed by atoms with van der Waals surface area (Å²) in [7, 11) is 1.67. The fourth-order valence-electron chi connectivity index (χ4n) is 10.0. The Bertz CT molecular complexity index is 2240. The van der Waals surface area contributed by atoms with E-state index in [9.17, 15) is 33.9 Å². The molecule has 17 nitrogen and oxygen atoms in total. The summed E-state index contributed by atoms with van der Waals surface area (Å²) in [5.41, 5.74) is 8.87. The number of nitrogens with one attached hydrogen (secondary N) is 5. The first-order chi connectivity index (χ1) is 34.2. The Hall–Kier alpha value is -5.82. The number of aliphatic hydroxyl groups excluding tert-OH is 1. The number of aliphatic hydroxyl groups is 1. The smallest absolute Gasteiger partial charge is 0.246 e. The maximum absolute atomic E-state index is 14.5. The second-order valence-electron chi connectivity index (χ2n) is 21.7. The van der Waals surface area contributed by atoms with E-state index < -0.39 is 77.7 Å². The third-order valence-electron chi connectivity index (χ3n) is 14.2. The molecule has 2 fully saturated rings. The van der Waals surface area contributed by atoms with Gasteiger partial charge in [-0.3, -0.25) is 28.8 Å². The van der Waals surface area contributed by atoms with E-state index >= 15 is 0 Å². The molecular weight excluding hydrogens is 917 g/mol. The number of nitrogens with two attached hydrogens (primary N) is 1. The van der Waals surface area contributed by atoms with Crippen molar-refractivity contribution < 1.29 is 43.3 Å². The van der Waals surface area contributed by atoms with Crippen molar-refractivity contribution >= 4 is 35.4 Å². The molecule has 0 spiro atoms. The monoisotopic (exact) mass is 993 g/mol. The topological polar surface area (TPSA) is 234 Å². The van der Waals surface area contributed by atoms with Crippen molar-refractivity contribution in [1.82, 2.24) is 36.4 Å². The lowest BCUT2D eigenvalue weighted by Gasteiger charge is -2.36. The van der Waals surface area contributed by atoms with Gasteiger partial charge in [0.2, 0.25) is 35.4 Å². The maximum Gasteiger partial charge on any atom is 0.246 e. The number of fused-ring (bicyclic) bond motifs is 2. The Balaban J connectivity index is 1.10. The number of carbonyl (C=O) groups is 6. The van der Waals surface area contributed by atoms with E-state index in [-0.39, 0.29) is 74.9 Å². The van der Waals surface area contributed by atoms with Crippen molar-refractivity contribution in [2.45, 2.75) is 160 Å². The summed E-state index contributed by atoms with van der Waals surface area (Å²) in [6, 6.07) is 10.2. The van der Waals surface area contributed by atoms with E-state index in [4.69, 9.17) is 15.2 Å². The lowest BCUT2D eigenvalue weighted by Crippen LogP contribution is -2.60. The van der Waals surface area contributed by atoms with Gasteiger partial charge in [-0.15, -0.1) is 0 Å². The average molecular weight is 993 g/mol. The zero-order valence-corrected chi connectivity index (χ0v) is 43.3. The Labute approximate surface area is 425 Å². The second kappa shape index (κ2) is 24.7. The predicted octanol–water partition coefficient (Wildman–Crippen LogP) is 2.34. The zero-order chi connectivity index (χ0) is 52.3. The van der Waals surface area contributed by atoms with Crippen LogP contribution in [0, 0.1) is 34.5 Å². The molecule has 4 aliphatic rings. The van der Waals surface area contributed by atoms with Crippen molar-refractivity contribution in [3.05, 3.63) is 70.8 Å². The highest BCUT2D eigenvalue weighted by Gasteiger charge is 2.48. The SMILES string of the molecule is CN[C@@H](C)C(=O)N[C@H](C(=O)N1C[C@@H](OCC#CC#CCO[C@H]2C[C@@H](C(=O)N[C@@H]3CCCc4ccccc43)N(C(=O)[C@@H](NC(=O)[C@@H](N)CO)C(C)(C)C)C2)C[C@H]1C(=O)N[C@@H]1CCCc2ccccc21)C(C)(C)C. The first-order valence-corrected chi connectivity index (χ1v) is 25.4. The van der Waals surface area contributed by atoms with E-state index in [0.29, 0.717) is 0 Å². The minimum Gasteiger partial charge on any atom is -0.394 e. The standard InChI is InChI=1S/C55H76N8O9/c1-34(57-8)48(65)60-46(54(2,3)4)52(69)62-31-37(29-44(62)50(67)58-42-25-17-21-35-19-11-13-23-39(35)42)71-27-15-9-10-16-28-72-38-30-45(51(68)59-43-26-18-22-36-20-12-14-24-40(36)43)63(32-38)53(70)47(55(5,6)7)61-49(66)41(56)33-64/h11-14,19-20,23-24,34,37-38,41-47,57,64H,17-18,21-22,25-33,56H2,1-8H3,(H,58,67)(H,59,68)(H,60,65)(H,61,66)/t34-,37-,38-,41-,42+,43+,44-,45-,46+,47+/m0/s1. The van der Waals surface area contributed by atoms with Gasteiger partial charge in [0, 0.05) is 25.9 Å². The number of amides is 6. The van der Waals surface area contributed by atoms with Crippen LogP contribution in [0.2, 0.25) is 0 Å². The van der Waals surface area contributed by atoms with Crippen LogP contribution in [0.4, 0.5) is 0 Å². The number of aryl methyl sites for hydroxylation is 2. The molecule has 2 aliphatic heterocycles. The highest BCUT2D eigenvalue weighted by molar-refractivity contribution is 5.95. The number of nitrogens with zero attached hydrogens (tertiary/aromatic N) is 2. The Morgan fingerprint density at radius 3 is 1.51 bits per heavy atom. The van der Waals surface area contributed by atoms with E-state index in [1.807, 2.05) is 57.2 Å². The van der Waals surface area contributed by atoms with Gasteiger partial charge < -0.3 is 56.7 Å². The second-order valence-corrected chi connectivity index (χ2v) is 21.7. The number of hydrogen-bond acceptors (Lipinski definition) is 11. The molecule has 0 aromatic heterocycles. The van der Waals surface area contributed by atoms with Gasteiger partial charge in [-0.1, -0.05) is 102 Å². The van der Waals surface area contributed by atoms with Gasteiger partial charge in [0.1, 0.15) is 43.4 Å². The molecule has 6 rings (SSSR count). The predicted molar refractivity (Wildman–Crippen MR) is 272 cm³/mol. The molecule has 72 heavy (non-hydrogen) atoms. The minimum atomic E-state index is -1.23. The van der Waals surface area contributed by atoms with E-state index in [2.05, 4.69) is 62.4 Å². The molecule has 2 aliphatic carbocycles. The highest BCUT2D eigenvalue weighted by atomic mass is 16.5. The Kier molecular flexibility index (Phi) is 19.1. The van der Waals surface area contributed by atoms with Crippen LogP contribution in [0.1, 0.15) is 121 Å². The number of hydrogen-bond donors (Lipinski definition) is 7. The third kappa shape index (κ3) is 14.0. The van der Waals surface area contributed by atoms with Crippen LogP contribution in [0.25, 0.3) is 0 Å². The normalized spacial score (nSPS) is 23.3. The Morgan fingerprint density at radius 2 is 1.11 bits per heavy atom. The van der Waals surface area contributed by atoms with E-state index in [0.717, 1.165) is 49.7 Å². The first-order valence-electron chi connectivity index (χ1n) is 25.4. The molecule has 8 N–H and O–H groups in total. The molecule has 6 amide bonds. The van der Waals surface area contributed by atoms with Crippen molar-refractivity contribution in [2.24, 2.45) is 16.6 Å². The molecule has 2 heterocycles. The number of rotatable bonds is 16. The van der Waals surface area contributed by atoms with Gasteiger partial charge in [-0.2, -0.15) is 0 Å². The highest BCUT2D eigenvalue weighted by Crippen LogP contribution is 2.34. The molecule has 2 saturated heterocycles. The van der Waals surface area contributed by atoms with Gasteiger partial charge in [0.25, 0.3) is 0 Å². The average Bonchev–Trinajstić information content (AvgIpc) is 3.99. The molecule has 0 bridgehead atoms. The molecule has 2 aromatic rings. The van der Waals surface area contributed by atoms with Crippen LogP contribution in [0.15, 0.2) is 48.5 Å². The first kappa shape index (κ1) is 55.5. The van der Waals surface area contributed by atoms with E-state index in [1.165, 1.54) is 20.9 Å². The van der Waals surface area contributed by atoms with Crippen LogP contribution in [0.5, 0.6) is 0 Å². The van der Waals surface area contributed by atoms with Crippen LogP contribution in [-0.4, -0.2) is 139 Å². The van der Waals surface area contributed by atoms with Gasteiger partial charge in [0.05, 0.1) is 36.9 Å². The molecule has 0 saturated carbocycles. The summed E-state index contributed by atoms with van der Waals surface area (Å²) < 4.78 is 12.3. The molecule has 0 unspecified atom stereocenters. The summed E-state index contributed by atoms with van der Waals surface area (Å²) in [4.78, 5) is 86.1. The number of likely N-dealkylation sites (tertiary alicyclic amines) is 2. The number of likely N-dealkylation sites (N-methyl/N-ethyl adjacent to an activating group) is 1. The molecule has 2 aromatic carbocycles. The van der Waals surface area contributed by atoms with Gasteiger partial charge >= 0.3 is 0 Å². The molecule has 10 atom stereocenters. The van der Waals surface area contributed by atoms with Crippen molar-refractivity contribution in [3.63, 3.8) is 0 Å². The van der Waals surface area contributed by atoms with Crippen LogP contribution >= 0.6 is 0 Å².